The summed E-state index contributed by atoms with van der Waals surface area (Å²) in [4.78, 5) is 11.5. The second kappa shape index (κ2) is 4.40. The van der Waals surface area contributed by atoms with Crippen LogP contribution in [0.5, 0.6) is 0 Å². The molecule has 0 aliphatic heterocycles. The van der Waals surface area contributed by atoms with E-state index in [-0.39, 0.29) is 11.2 Å². The Bertz CT molecular complexity index is 347. The standard InChI is InChI=1S/C10H13BO3/c1-3-9(12)10-7(2)5-4-6-8(10)11(13)14/h4-6,13-14H,3H2,1-2H3. The van der Waals surface area contributed by atoms with Gasteiger partial charge in [0, 0.05) is 12.0 Å². The van der Waals surface area contributed by atoms with E-state index in [0.717, 1.165) is 5.56 Å². The van der Waals surface area contributed by atoms with Crippen LogP contribution in [0.15, 0.2) is 18.2 Å². The van der Waals surface area contributed by atoms with Gasteiger partial charge in [0.05, 0.1) is 0 Å². The molecule has 0 fully saturated rings. The third-order valence-electron chi connectivity index (χ3n) is 2.18. The topological polar surface area (TPSA) is 57.5 Å². The fraction of sp³-hybridized carbons (Fsp3) is 0.300. The van der Waals surface area contributed by atoms with E-state index in [1.54, 1.807) is 32.0 Å². The van der Waals surface area contributed by atoms with Crippen molar-refractivity contribution < 1.29 is 14.8 Å². The highest BCUT2D eigenvalue weighted by atomic mass is 16.4. The Hall–Kier alpha value is -1.13. The lowest BCUT2D eigenvalue weighted by atomic mass is 9.74. The van der Waals surface area contributed by atoms with Gasteiger partial charge in [-0.25, -0.2) is 0 Å². The fourth-order valence-electron chi connectivity index (χ4n) is 1.46. The molecule has 3 nitrogen and oxygen atoms in total. The zero-order valence-corrected chi connectivity index (χ0v) is 8.32. The molecule has 74 valence electrons. The molecule has 0 unspecified atom stereocenters. The summed E-state index contributed by atoms with van der Waals surface area (Å²) in [5, 5.41) is 18.2. The summed E-state index contributed by atoms with van der Waals surface area (Å²) in [7, 11) is -1.58. The average molecular weight is 192 g/mol. The molecule has 0 aliphatic carbocycles. The molecule has 0 aromatic heterocycles. The Morgan fingerprint density at radius 2 is 2.07 bits per heavy atom. The Balaban J connectivity index is 3.29. The van der Waals surface area contributed by atoms with Crippen molar-refractivity contribution in [2.45, 2.75) is 20.3 Å². The highest BCUT2D eigenvalue weighted by Crippen LogP contribution is 2.08. The van der Waals surface area contributed by atoms with E-state index in [2.05, 4.69) is 0 Å². The van der Waals surface area contributed by atoms with Gasteiger partial charge in [0.25, 0.3) is 0 Å². The van der Waals surface area contributed by atoms with Crippen molar-refractivity contribution in [3.63, 3.8) is 0 Å². The van der Waals surface area contributed by atoms with Gasteiger partial charge in [0.15, 0.2) is 5.78 Å². The molecule has 0 amide bonds. The molecule has 0 bridgehead atoms. The lowest BCUT2D eigenvalue weighted by Crippen LogP contribution is -2.35. The number of aryl methyl sites for hydroxylation is 1. The van der Waals surface area contributed by atoms with Crippen LogP contribution in [0.2, 0.25) is 0 Å². The molecule has 4 heteroatoms. The van der Waals surface area contributed by atoms with E-state index in [0.29, 0.717) is 12.0 Å². The highest BCUT2D eigenvalue weighted by molar-refractivity contribution is 6.60. The van der Waals surface area contributed by atoms with Crippen molar-refractivity contribution in [1.29, 1.82) is 0 Å². The first-order chi connectivity index (χ1) is 6.57. The molecular formula is C10H13BO3. The van der Waals surface area contributed by atoms with Crippen molar-refractivity contribution in [2.24, 2.45) is 0 Å². The Morgan fingerprint density at radius 1 is 1.43 bits per heavy atom. The number of ketones is 1. The summed E-state index contributed by atoms with van der Waals surface area (Å²) in [5.74, 6) is -0.0637. The largest absolute Gasteiger partial charge is 0.489 e. The van der Waals surface area contributed by atoms with Crippen LogP contribution in [-0.2, 0) is 0 Å². The van der Waals surface area contributed by atoms with Gasteiger partial charge in [-0.15, -0.1) is 0 Å². The van der Waals surface area contributed by atoms with Crippen molar-refractivity contribution in [3.05, 3.63) is 29.3 Å². The third-order valence-corrected chi connectivity index (χ3v) is 2.18. The third kappa shape index (κ3) is 2.03. The molecule has 0 saturated heterocycles. The van der Waals surface area contributed by atoms with Crippen LogP contribution >= 0.6 is 0 Å². The molecule has 0 saturated carbocycles. The Labute approximate surface area is 83.5 Å². The van der Waals surface area contributed by atoms with Gasteiger partial charge in [-0.1, -0.05) is 25.1 Å². The predicted molar refractivity (Wildman–Crippen MR) is 55.6 cm³/mol. The van der Waals surface area contributed by atoms with Crippen LogP contribution in [0.3, 0.4) is 0 Å². The quantitative estimate of drug-likeness (QED) is 0.533. The monoisotopic (exact) mass is 192 g/mol. The maximum Gasteiger partial charge on any atom is 0.489 e. The van der Waals surface area contributed by atoms with Crippen molar-refractivity contribution in [1.82, 2.24) is 0 Å². The molecule has 0 heterocycles. The van der Waals surface area contributed by atoms with Gasteiger partial charge in [-0.2, -0.15) is 0 Å². The lowest BCUT2D eigenvalue weighted by Gasteiger charge is -2.09. The smallest absolute Gasteiger partial charge is 0.423 e. The van der Waals surface area contributed by atoms with Gasteiger partial charge in [0.2, 0.25) is 0 Å². The zero-order valence-electron chi connectivity index (χ0n) is 8.32. The first-order valence-electron chi connectivity index (χ1n) is 4.56. The van der Waals surface area contributed by atoms with E-state index in [4.69, 9.17) is 10.0 Å². The van der Waals surface area contributed by atoms with Crippen LogP contribution in [0.25, 0.3) is 0 Å². The normalized spacial score (nSPS) is 10.0. The van der Waals surface area contributed by atoms with Gasteiger partial charge in [0.1, 0.15) is 0 Å². The summed E-state index contributed by atoms with van der Waals surface area (Å²) < 4.78 is 0. The van der Waals surface area contributed by atoms with Gasteiger partial charge in [-0.05, 0) is 17.9 Å². The van der Waals surface area contributed by atoms with E-state index in [1.807, 2.05) is 0 Å². The van der Waals surface area contributed by atoms with E-state index < -0.39 is 7.12 Å². The summed E-state index contributed by atoms with van der Waals surface area (Å²) in [6.45, 7) is 3.54. The molecule has 1 aromatic rings. The maximum atomic E-state index is 11.5. The van der Waals surface area contributed by atoms with Crippen LogP contribution < -0.4 is 5.46 Å². The SMILES string of the molecule is CCC(=O)c1c(C)cccc1B(O)O. The fourth-order valence-corrected chi connectivity index (χ4v) is 1.46. The number of hydrogen-bond acceptors (Lipinski definition) is 3. The number of carbonyl (C=O) groups excluding carboxylic acids is 1. The summed E-state index contributed by atoms with van der Waals surface area (Å²) >= 11 is 0. The first-order valence-corrected chi connectivity index (χ1v) is 4.56. The molecule has 14 heavy (non-hydrogen) atoms. The molecular weight excluding hydrogens is 179 g/mol. The Kier molecular flexibility index (Phi) is 3.44. The van der Waals surface area contributed by atoms with Crippen LogP contribution in [0, 0.1) is 6.92 Å². The van der Waals surface area contributed by atoms with E-state index in [1.165, 1.54) is 0 Å². The second-order valence-corrected chi connectivity index (χ2v) is 3.19. The molecule has 1 aromatic carbocycles. The van der Waals surface area contributed by atoms with Crippen molar-refractivity contribution in [3.8, 4) is 0 Å². The van der Waals surface area contributed by atoms with E-state index >= 15 is 0 Å². The minimum Gasteiger partial charge on any atom is -0.423 e. The summed E-state index contributed by atoms with van der Waals surface area (Å²) in [5.41, 5.74) is 1.50. The summed E-state index contributed by atoms with van der Waals surface area (Å²) in [6, 6.07) is 5.05. The zero-order chi connectivity index (χ0) is 10.7. The minimum absolute atomic E-state index is 0.0637. The molecule has 1 rings (SSSR count). The molecule has 0 aliphatic rings. The van der Waals surface area contributed by atoms with Gasteiger partial charge < -0.3 is 10.0 Å². The predicted octanol–water partition coefficient (Wildman–Crippen LogP) is 0.268. The van der Waals surface area contributed by atoms with Gasteiger partial charge >= 0.3 is 7.12 Å². The number of rotatable bonds is 3. The number of benzene rings is 1. The second-order valence-electron chi connectivity index (χ2n) is 3.19. The molecule has 0 spiro atoms. The average Bonchev–Trinajstić information content (AvgIpc) is 2.16. The van der Waals surface area contributed by atoms with Crippen LogP contribution in [0.1, 0.15) is 29.3 Å². The van der Waals surface area contributed by atoms with E-state index in [9.17, 15) is 4.79 Å². The number of Topliss-reactive ketones (excluding diaryl/α,β-unsaturated/α-hetero) is 1. The van der Waals surface area contributed by atoms with Crippen molar-refractivity contribution in [2.75, 3.05) is 0 Å². The number of carbonyl (C=O) groups is 1. The molecule has 0 atom stereocenters. The van der Waals surface area contributed by atoms with Crippen molar-refractivity contribution >= 4 is 18.4 Å². The lowest BCUT2D eigenvalue weighted by molar-refractivity contribution is 0.0988. The van der Waals surface area contributed by atoms with Crippen LogP contribution in [0.4, 0.5) is 0 Å². The minimum atomic E-state index is -1.58. The number of hydrogen-bond donors (Lipinski definition) is 2. The first kappa shape index (κ1) is 11.0. The Morgan fingerprint density at radius 3 is 2.57 bits per heavy atom. The molecule has 0 radical (unpaired) electrons. The highest BCUT2D eigenvalue weighted by Gasteiger charge is 2.20. The molecule has 2 N–H and O–H groups in total. The van der Waals surface area contributed by atoms with Crippen LogP contribution in [-0.4, -0.2) is 22.9 Å². The summed E-state index contributed by atoms with van der Waals surface area (Å²) in [6.07, 6.45) is 0.366. The maximum absolute atomic E-state index is 11.5. The van der Waals surface area contributed by atoms with Gasteiger partial charge in [-0.3, -0.25) is 4.79 Å².